The van der Waals surface area contributed by atoms with Crippen LogP contribution in [0.5, 0.6) is 11.5 Å². The lowest BCUT2D eigenvalue weighted by molar-refractivity contribution is 0.478. The zero-order chi connectivity index (χ0) is 15.9. The van der Waals surface area contributed by atoms with E-state index in [1.165, 1.54) is 5.56 Å². The first-order valence-corrected chi connectivity index (χ1v) is 7.90. The van der Waals surface area contributed by atoms with E-state index in [1.54, 1.807) is 12.4 Å². The van der Waals surface area contributed by atoms with Crippen LogP contribution in [-0.2, 0) is 13.1 Å². The Morgan fingerprint density at radius 1 is 0.913 bits per heavy atom. The molecule has 3 aromatic rings. The number of benzene rings is 2. The van der Waals surface area contributed by atoms with Gasteiger partial charge in [0.1, 0.15) is 11.5 Å². The molecule has 0 aliphatic heterocycles. The van der Waals surface area contributed by atoms with Crippen molar-refractivity contribution in [2.75, 3.05) is 0 Å². The van der Waals surface area contributed by atoms with E-state index in [0.29, 0.717) is 0 Å². The van der Waals surface area contributed by atoms with Crippen molar-refractivity contribution < 1.29 is 4.74 Å². The number of pyridine rings is 1. The van der Waals surface area contributed by atoms with E-state index in [-0.39, 0.29) is 0 Å². The summed E-state index contributed by atoms with van der Waals surface area (Å²) in [6.45, 7) is 1.56. The lowest BCUT2D eigenvalue weighted by Crippen LogP contribution is -2.13. The van der Waals surface area contributed by atoms with Gasteiger partial charge < -0.3 is 10.1 Å². The van der Waals surface area contributed by atoms with Crippen LogP contribution in [0.25, 0.3) is 0 Å². The summed E-state index contributed by atoms with van der Waals surface area (Å²) in [5, 5.41) is 3.43. The van der Waals surface area contributed by atoms with Gasteiger partial charge in [0.05, 0.1) is 6.20 Å². The lowest BCUT2D eigenvalue weighted by Gasteiger charge is -2.11. The first-order valence-electron chi connectivity index (χ1n) is 7.46. The molecular formula is C19H18N2OS. The van der Waals surface area contributed by atoms with E-state index in [0.717, 1.165) is 35.0 Å². The second-order valence-electron chi connectivity index (χ2n) is 5.17. The molecule has 3 rings (SSSR count). The number of thiol groups is 1. The first kappa shape index (κ1) is 15.6. The maximum atomic E-state index is 5.81. The molecule has 1 N–H and O–H groups in total. The van der Waals surface area contributed by atoms with Crippen LogP contribution in [0.3, 0.4) is 0 Å². The number of hydrogen-bond donors (Lipinski definition) is 2. The number of aromatic nitrogens is 1. The fourth-order valence-corrected chi connectivity index (χ4v) is 2.47. The van der Waals surface area contributed by atoms with E-state index in [4.69, 9.17) is 4.74 Å². The van der Waals surface area contributed by atoms with Crippen molar-refractivity contribution in [3.8, 4) is 11.5 Å². The second-order valence-corrected chi connectivity index (χ2v) is 5.65. The highest BCUT2D eigenvalue weighted by atomic mass is 32.1. The molecule has 0 saturated heterocycles. The van der Waals surface area contributed by atoms with E-state index in [2.05, 4.69) is 35.1 Å². The van der Waals surface area contributed by atoms with Gasteiger partial charge in [-0.05, 0) is 41.5 Å². The molecule has 0 atom stereocenters. The molecule has 1 heterocycles. The van der Waals surface area contributed by atoms with Gasteiger partial charge in [0, 0.05) is 24.2 Å². The molecule has 4 heteroatoms. The molecule has 0 aliphatic rings. The van der Waals surface area contributed by atoms with E-state index in [9.17, 15) is 0 Å². The van der Waals surface area contributed by atoms with Crippen LogP contribution < -0.4 is 10.1 Å². The molecule has 0 radical (unpaired) electrons. The highest BCUT2D eigenvalue weighted by Gasteiger charge is 2.03. The Hall–Kier alpha value is -2.30. The molecule has 0 aliphatic carbocycles. The van der Waals surface area contributed by atoms with Gasteiger partial charge in [0.25, 0.3) is 0 Å². The van der Waals surface area contributed by atoms with Gasteiger partial charge in [-0.2, -0.15) is 0 Å². The summed E-state index contributed by atoms with van der Waals surface area (Å²) < 4.78 is 5.81. The number of nitrogens with one attached hydrogen (secondary N) is 1. The average molecular weight is 322 g/mol. The summed E-state index contributed by atoms with van der Waals surface area (Å²) in [6, 6.07) is 19.9. The van der Waals surface area contributed by atoms with Gasteiger partial charge in [-0.3, -0.25) is 4.98 Å². The van der Waals surface area contributed by atoms with Crippen LogP contribution in [0.1, 0.15) is 11.1 Å². The van der Waals surface area contributed by atoms with Crippen molar-refractivity contribution in [3.63, 3.8) is 0 Å². The van der Waals surface area contributed by atoms with E-state index >= 15 is 0 Å². The minimum Gasteiger partial charge on any atom is -0.456 e. The second kappa shape index (κ2) is 7.81. The Labute approximate surface area is 141 Å². The zero-order valence-corrected chi connectivity index (χ0v) is 13.5. The average Bonchev–Trinajstić information content (AvgIpc) is 2.59. The summed E-state index contributed by atoms with van der Waals surface area (Å²) in [6.07, 6.45) is 3.42. The van der Waals surface area contributed by atoms with Crippen LogP contribution in [0.4, 0.5) is 0 Å². The highest BCUT2D eigenvalue weighted by molar-refractivity contribution is 7.80. The van der Waals surface area contributed by atoms with Gasteiger partial charge >= 0.3 is 0 Å². The molecular weight excluding hydrogens is 304 g/mol. The van der Waals surface area contributed by atoms with Crippen molar-refractivity contribution in [1.29, 1.82) is 0 Å². The predicted molar refractivity (Wildman–Crippen MR) is 95.0 cm³/mol. The summed E-state index contributed by atoms with van der Waals surface area (Å²) in [7, 11) is 0. The Bertz CT molecular complexity index is 748. The lowest BCUT2D eigenvalue weighted by atomic mass is 10.2. The van der Waals surface area contributed by atoms with E-state index in [1.807, 2.05) is 48.5 Å². The third-order valence-corrected chi connectivity index (χ3v) is 3.84. The minimum atomic E-state index is 0.725. The zero-order valence-electron chi connectivity index (χ0n) is 12.6. The predicted octanol–water partition coefficient (Wildman–Crippen LogP) is 4.45. The highest BCUT2D eigenvalue weighted by Crippen LogP contribution is 2.25. The number of hydrogen-bond acceptors (Lipinski definition) is 4. The van der Waals surface area contributed by atoms with Gasteiger partial charge in [-0.1, -0.05) is 30.3 Å². The molecule has 0 spiro atoms. The number of ether oxygens (including phenoxy) is 1. The largest absolute Gasteiger partial charge is 0.456 e. The molecule has 0 fully saturated rings. The van der Waals surface area contributed by atoms with Gasteiger partial charge in [0.15, 0.2) is 0 Å². The van der Waals surface area contributed by atoms with Crippen LogP contribution >= 0.6 is 12.6 Å². The van der Waals surface area contributed by atoms with Crippen molar-refractivity contribution >= 4 is 12.6 Å². The quantitative estimate of drug-likeness (QED) is 0.658. The number of rotatable bonds is 6. The normalized spacial score (nSPS) is 10.5. The van der Waals surface area contributed by atoms with Crippen molar-refractivity contribution in [2.24, 2.45) is 0 Å². The van der Waals surface area contributed by atoms with Crippen LogP contribution in [0.15, 0.2) is 78.0 Å². The van der Waals surface area contributed by atoms with Crippen LogP contribution in [0.2, 0.25) is 0 Å². The molecule has 0 saturated carbocycles. The standard InChI is InChI=1S/C19H18N2OS/c23-19-9-8-17(22-18-7-4-10-20-14-18)11-16(19)13-21-12-15-5-2-1-3-6-15/h1-11,14,21,23H,12-13H2. The number of nitrogens with zero attached hydrogens (tertiary/aromatic N) is 1. The summed E-state index contributed by atoms with van der Waals surface area (Å²) in [4.78, 5) is 5.00. The van der Waals surface area contributed by atoms with Gasteiger partial charge in [0.2, 0.25) is 0 Å². The topological polar surface area (TPSA) is 34.1 Å². The third kappa shape index (κ3) is 4.58. The van der Waals surface area contributed by atoms with Crippen molar-refractivity contribution in [3.05, 3.63) is 84.2 Å². The summed E-state index contributed by atoms with van der Waals surface area (Å²) in [5.74, 6) is 1.51. The Morgan fingerprint density at radius 2 is 1.78 bits per heavy atom. The van der Waals surface area contributed by atoms with Crippen molar-refractivity contribution in [1.82, 2.24) is 10.3 Å². The molecule has 23 heavy (non-hydrogen) atoms. The minimum absolute atomic E-state index is 0.725. The first-order chi connectivity index (χ1) is 11.3. The fourth-order valence-electron chi connectivity index (χ4n) is 2.25. The molecule has 0 bridgehead atoms. The van der Waals surface area contributed by atoms with Crippen LogP contribution in [0, 0.1) is 0 Å². The van der Waals surface area contributed by atoms with Gasteiger partial charge in [-0.15, -0.1) is 12.6 Å². The van der Waals surface area contributed by atoms with Gasteiger partial charge in [-0.25, -0.2) is 0 Å². The smallest absolute Gasteiger partial charge is 0.145 e. The molecule has 116 valence electrons. The maximum Gasteiger partial charge on any atom is 0.145 e. The SMILES string of the molecule is Sc1ccc(Oc2cccnc2)cc1CNCc1ccccc1. The van der Waals surface area contributed by atoms with Crippen molar-refractivity contribution in [2.45, 2.75) is 18.0 Å². The van der Waals surface area contributed by atoms with E-state index < -0.39 is 0 Å². The summed E-state index contributed by atoms with van der Waals surface area (Å²) >= 11 is 4.52. The molecule has 0 unspecified atom stereocenters. The molecule has 1 aromatic heterocycles. The Balaban J connectivity index is 1.63. The summed E-state index contributed by atoms with van der Waals surface area (Å²) in [5.41, 5.74) is 2.36. The Morgan fingerprint density at radius 3 is 2.57 bits per heavy atom. The third-order valence-electron chi connectivity index (χ3n) is 3.41. The fraction of sp³-hybridized carbons (Fsp3) is 0.105. The molecule has 2 aromatic carbocycles. The maximum absolute atomic E-state index is 5.81. The monoisotopic (exact) mass is 322 g/mol. The van der Waals surface area contributed by atoms with Crippen LogP contribution in [-0.4, -0.2) is 4.98 Å². The Kier molecular flexibility index (Phi) is 5.29. The molecule has 3 nitrogen and oxygen atoms in total. The molecule has 0 amide bonds.